The van der Waals surface area contributed by atoms with Crippen LogP contribution in [0, 0.1) is 0 Å². The average Bonchev–Trinajstić information content (AvgIpc) is 2.30. The lowest BCUT2D eigenvalue weighted by Crippen LogP contribution is -2.10. The van der Waals surface area contributed by atoms with Crippen molar-refractivity contribution in [2.75, 3.05) is 0 Å². The molecule has 1 rings (SSSR count). The zero-order chi connectivity index (χ0) is 12.0. The highest BCUT2D eigenvalue weighted by molar-refractivity contribution is 5.98. The first kappa shape index (κ1) is 12.2. The van der Waals surface area contributed by atoms with Crippen LogP contribution in [0.3, 0.4) is 0 Å². The van der Waals surface area contributed by atoms with Crippen LogP contribution in [0.1, 0.15) is 30.1 Å². The Kier molecular flexibility index (Phi) is 4.45. The van der Waals surface area contributed by atoms with Crippen molar-refractivity contribution in [3.63, 3.8) is 0 Å². The maximum absolute atomic E-state index is 11.5. The molecule has 0 N–H and O–H groups in total. The molecular formula is C13H14O3. The molecule has 0 amide bonds. The van der Waals surface area contributed by atoms with E-state index in [4.69, 9.17) is 4.74 Å². The van der Waals surface area contributed by atoms with Gasteiger partial charge in [0.25, 0.3) is 0 Å². The van der Waals surface area contributed by atoms with Crippen LogP contribution in [0.5, 0.6) is 0 Å². The Morgan fingerprint density at radius 2 is 1.88 bits per heavy atom. The van der Waals surface area contributed by atoms with Gasteiger partial charge in [-0.15, -0.1) is 0 Å². The number of esters is 1. The summed E-state index contributed by atoms with van der Waals surface area (Å²) in [4.78, 5) is 22.9. The molecule has 0 heterocycles. The molecule has 0 aliphatic rings. The van der Waals surface area contributed by atoms with E-state index in [1.807, 2.05) is 6.92 Å². The van der Waals surface area contributed by atoms with Crippen molar-refractivity contribution in [2.24, 2.45) is 0 Å². The topological polar surface area (TPSA) is 43.4 Å². The number of ether oxygens (including phenoxy) is 1. The normalized spacial score (nSPS) is 9.56. The highest BCUT2D eigenvalue weighted by atomic mass is 16.5. The van der Waals surface area contributed by atoms with E-state index in [0.717, 1.165) is 0 Å². The molecule has 3 nitrogen and oxygen atoms in total. The summed E-state index contributed by atoms with van der Waals surface area (Å²) >= 11 is 0. The van der Waals surface area contributed by atoms with Crippen molar-refractivity contribution in [2.45, 2.75) is 19.8 Å². The van der Waals surface area contributed by atoms with Gasteiger partial charge in [0.1, 0.15) is 0 Å². The van der Waals surface area contributed by atoms with Gasteiger partial charge < -0.3 is 4.74 Å². The number of benzene rings is 1. The second kappa shape index (κ2) is 5.85. The molecule has 0 atom stereocenters. The van der Waals surface area contributed by atoms with Gasteiger partial charge in [-0.1, -0.05) is 31.7 Å². The molecule has 3 heteroatoms. The van der Waals surface area contributed by atoms with Crippen molar-refractivity contribution in [3.05, 3.63) is 48.2 Å². The fourth-order valence-electron chi connectivity index (χ4n) is 1.17. The summed E-state index contributed by atoms with van der Waals surface area (Å²) < 4.78 is 4.87. The summed E-state index contributed by atoms with van der Waals surface area (Å²) in [6.45, 7) is 5.33. The number of carbonyl (C=O) groups excluding carboxylic acids is 2. The molecule has 0 saturated carbocycles. The van der Waals surface area contributed by atoms with Crippen LogP contribution in [-0.4, -0.2) is 11.8 Å². The second-order valence-corrected chi connectivity index (χ2v) is 3.35. The van der Waals surface area contributed by atoms with Gasteiger partial charge in [0.05, 0.1) is 5.56 Å². The van der Waals surface area contributed by atoms with Crippen molar-refractivity contribution in [3.8, 4) is 0 Å². The summed E-state index contributed by atoms with van der Waals surface area (Å²) in [7, 11) is 0. The second-order valence-electron chi connectivity index (χ2n) is 3.35. The van der Waals surface area contributed by atoms with E-state index in [9.17, 15) is 9.59 Å². The molecule has 0 radical (unpaired) electrons. The SMILES string of the molecule is C=C(OC(=O)c1ccccc1)C(=O)CCC. The molecule has 1 aromatic rings. The van der Waals surface area contributed by atoms with E-state index in [1.54, 1.807) is 30.3 Å². The number of hydrogen-bond acceptors (Lipinski definition) is 3. The lowest BCUT2D eigenvalue weighted by molar-refractivity contribution is -0.118. The van der Waals surface area contributed by atoms with E-state index < -0.39 is 5.97 Å². The van der Waals surface area contributed by atoms with Crippen LogP contribution in [0.4, 0.5) is 0 Å². The fourth-order valence-corrected chi connectivity index (χ4v) is 1.17. The Morgan fingerprint density at radius 1 is 1.25 bits per heavy atom. The number of ketones is 1. The third-order valence-corrected chi connectivity index (χ3v) is 2.01. The van der Waals surface area contributed by atoms with Gasteiger partial charge in [0, 0.05) is 6.42 Å². The minimum absolute atomic E-state index is 0.0873. The standard InChI is InChI=1S/C13H14O3/c1-3-7-12(14)10(2)16-13(15)11-8-5-4-6-9-11/h4-6,8-9H,2-3,7H2,1H3. The molecule has 0 bridgehead atoms. The zero-order valence-corrected chi connectivity index (χ0v) is 9.23. The summed E-state index contributed by atoms with van der Waals surface area (Å²) in [5.41, 5.74) is 0.410. The summed E-state index contributed by atoms with van der Waals surface area (Å²) in [5, 5.41) is 0. The first-order valence-corrected chi connectivity index (χ1v) is 5.14. The smallest absolute Gasteiger partial charge is 0.343 e. The predicted molar refractivity (Wildman–Crippen MR) is 60.9 cm³/mol. The Bertz CT molecular complexity index is 393. The number of carbonyl (C=O) groups is 2. The predicted octanol–water partition coefficient (Wildman–Crippen LogP) is 2.73. The van der Waals surface area contributed by atoms with Crippen molar-refractivity contribution < 1.29 is 14.3 Å². The highest BCUT2D eigenvalue weighted by Gasteiger charge is 2.13. The average molecular weight is 218 g/mol. The number of rotatable bonds is 5. The van der Waals surface area contributed by atoms with E-state index in [0.29, 0.717) is 18.4 Å². The Balaban J connectivity index is 2.59. The molecule has 1 aromatic carbocycles. The summed E-state index contributed by atoms with van der Waals surface area (Å²) in [6.07, 6.45) is 1.06. The molecule has 0 unspecified atom stereocenters. The molecule has 0 spiro atoms. The van der Waals surface area contributed by atoms with E-state index in [-0.39, 0.29) is 11.5 Å². The number of allylic oxidation sites excluding steroid dienone is 1. The number of hydrogen-bond donors (Lipinski definition) is 0. The van der Waals surface area contributed by atoms with Gasteiger partial charge in [-0.2, -0.15) is 0 Å². The molecule has 0 aromatic heterocycles. The first-order chi connectivity index (χ1) is 7.65. The van der Waals surface area contributed by atoms with E-state index in [1.165, 1.54) is 0 Å². The van der Waals surface area contributed by atoms with Crippen LogP contribution in [0.15, 0.2) is 42.7 Å². The molecule has 16 heavy (non-hydrogen) atoms. The minimum Gasteiger partial charge on any atom is -0.420 e. The van der Waals surface area contributed by atoms with Gasteiger partial charge in [-0.05, 0) is 18.6 Å². The molecular weight excluding hydrogens is 204 g/mol. The van der Waals surface area contributed by atoms with Gasteiger partial charge in [0.2, 0.25) is 0 Å². The van der Waals surface area contributed by atoms with Gasteiger partial charge in [-0.3, -0.25) is 4.79 Å². The molecule has 0 fully saturated rings. The van der Waals surface area contributed by atoms with Crippen molar-refractivity contribution in [1.82, 2.24) is 0 Å². The van der Waals surface area contributed by atoms with Gasteiger partial charge in [-0.25, -0.2) is 4.79 Å². The molecule has 0 aliphatic heterocycles. The first-order valence-electron chi connectivity index (χ1n) is 5.14. The fraction of sp³-hybridized carbons (Fsp3) is 0.231. The summed E-state index contributed by atoms with van der Waals surface area (Å²) in [5.74, 6) is -0.863. The van der Waals surface area contributed by atoms with Crippen LogP contribution in [0.2, 0.25) is 0 Å². The Hall–Kier alpha value is -1.90. The molecule has 84 valence electrons. The molecule has 0 saturated heterocycles. The number of Topliss-reactive ketones (excluding diaryl/α,β-unsaturated/α-hetero) is 1. The van der Waals surface area contributed by atoms with Crippen LogP contribution in [0.25, 0.3) is 0 Å². The largest absolute Gasteiger partial charge is 0.420 e. The van der Waals surface area contributed by atoms with Crippen molar-refractivity contribution in [1.29, 1.82) is 0 Å². The van der Waals surface area contributed by atoms with E-state index in [2.05, 4.69) is 6.58 Å². The minimum atomic E-state index is -0.546. The van der Waals surface area contributed by atoms with Crippen LogP contribution in [-0.2, 0) is 9.53 Å². The highest BCUT2D eigenvalue weighted by Crippen LogP contribution is 2.07. The lowest BCUT2D eigenvalue weighted by atomic mass is 10.2. The third-order valence-electron chi connectivity index (χ3n) is 2.01. The maximum Gasteiger partial charge on any atom is 0.343 e. The Morgan fingerprint density at radius 3 is 2.44 bits per heavy atom. The zero-order valence-electron chi connectivity index (χ0n) is 9.23. The molecule has 0 aliphatic carbocycles. The van der Waals surface area contributed by atoms with Gasteiger partial charge in [0.15, 0.2) is 11.5 Å². The summed E-state index contributed by atoms with van der Waals surface area (Å²) in [6, 6.07) is 8.51. The third kappa shape index (κ3) is 3.35. The lowest BCUT2D eigenvalue weighted by Gasteiger charge is -2.05. The quantitative estimate of drug-likeness (QED) is 0.433. The van der Waals surface area contributed by atoms with Crippen molar-refractivity contribution >= 4 is 11.8 Å². The monoisotopic (exact) mass is 218 g/mol. The van der Waals surface area contributed by atoms with Crippen LogP contribution < -0.4 is 0 Å². The van der Waals surface area contributed by atoms with Gasteiger partial charge >= 0.3 is 5.97 Å². The maximum atomic E-state index is 11.5. The Labute approximate surface area is 94.7 Å². The van der Waals surface area contributed by atoms with Crippen LogP contribution >= 0.6 is 0 Å². The van der Waals surface area contributed by atoms with E-state index >= 15 is 0 Å².